The fourth-order valence-electron chi connectivity index (χ4n) is 10.7. The monoisotopic (exact) mass is 1020 g/mol. The molecule has 1 atom stereocenters. The van der Waals surface area contributed by atoms with E-state index in [0.717, 1.165) is 102 Å². The first kappa shape index (κ1) is 48.4. The number of imide groups is 1. The molecule has 0 radical (unpaired) electrons. The van der Waals surface area contributed by atoms with Crippen molar-refractivity contribution in [3.8, 4) is 11.8 Å². The quantitative estimate of drug-likeness (QED) is 0.0724. The molecular weight excluding hydrogens is 956 g/mol. The van der Waals surface area contributed by atoms with E-state index in [0.29, 0.717) is 79.9 Å². The van der Waals surface area contributed by atoms with E-state index in [1.165, 1.54) is 17.7 Å². The van der Waals surface area contributed by atoms with Crippen LogP contribution in [-0.4, -0.2) is 127 Å². The molecule has 69 heavy (non-hydrogen) atoms. The summed E-state index contributed by atoms with van der Waals surface area (Å²) in [5, 5.41) is 19.8. The Kier molecular flexibility index (Phi) is 14.8. The fraction of sp³-hybridized carbons (Fsp3) is 0.471. The number of piperazine rings is 1. The van der Waals surface area contributed by atoms with E-state index in [2.05, 4.69) is 91.6 Å². The Hall–Kier alpha value is -5.66. The number of piperidine rings is 3. The molecule has 4 fully saturated rings. The number of hydrogen-bond donors (Lipinski definition) is 3. The summed E-state index contributed by atoms with van der Waals surface area (Å²) in [7, 11) is -1.08. The molecule has 16 nitrogen and oxygen atoms in total. The number of nitriles is 1. The van der Waals surface area contributed by atoms with Gasteiger partial charge in [-0.25, -0.2) is 4.98 Å². The second kappa shape index (κ2) is 21.1. The van der Waals surface area contributed by atoms with Gasteiger partial charge in [0.25, 0.3) is 0 Å². The van der Waals surface area contributed by atoms with Gasteiger partial charge in [-0.2, -0.15) is 10.2 Å². The van der Waals surface area contributed by atoms with Gasteiger partial charge >= 0.3 is 0 Å². The van der Waals surface area contributed by atoms with Gasteiger partial charge in [0.1, 0.15) is 24.2 Å². The van der Waals surface area contributed by atoms with Gasteiger partial charge in [0, 0.05) is 101 Å². The second-order valence-corrected chi connectivity index (χ2v) is 23.1. The SMILES string of the molecule is CCc1cc(Nc2ncc(Br)c(Nc3ccc4nccnc4c3P(C)(C)=O)n2)c(OC)cc1N1CCC(N2CCN(CCC3CCN(c4ccc(C5CCC(=O)NC5=O)c(C#N)c4)CC3)CC2)CC1. The Morgan fingerprint density at radius 3 is 2.35 bits per heavy atom. The van der Waals surface area contributed by atoms with E-state index >= 15 is 0 Å². The summed E-state index contributed by atoms with van der Waals surface area (Å²) in [6.45, 7) is 15.1. The molecule has 4 aliphatic heterocycles. The molecule has 2 amide bonds. The van der Waals surface area contributed by atoms with Crippen LogP contribution in [0, 0.1) is 17.2 Å². The van der Waals surface area contributed by atoms with Crippen molar-refractivity contribution >= 4 is 85.7 Å². The number of aryl methyl sites for hydroxylation is 1. The minimum Gasteiger partial charge on any atom is -0.494 e. The zero-order valence-electron chi connectivity index (χ0n) is 40.0. The minimum absolute atomic E-state index is 0.245. The van der Waals surface area contributed by atoms with Gasteiger partial charge in [-0.15, -0.1) is 0 Å². The molecule has 5 aromatic rings. The lowest BCUT2D eigenvalue weighted by molar-refractivity contribution is -0.134. The first-order chi connectivity index (χ1) is 33.4. The summed E-state index contributed by atoms with van der Waals surface area (Å²) in [5.41, 5.74) is 7.42. The number of hydrogen-bond acceptors (Lipinski definition) is 15. The van der Waals surface area contributed by atoms with Crippen LogP contribution in [0.2, 0.25) is 0 Å². The first-order valence-electron chi connectivity index (χ1n) is 24.3. The Morgan fingerprint density at radius 1 is 0.884 bits per heavy atom. The largest absolute Gasteiger partial charge is 0.494 e. The van der Waals surface area contributed by atoms with Crippen molar-refractivity contribution in [2.24, 2.45) is 5.92 Å². The van der Waals surface area contributed by atoms with Crippen LogP contribution in [0.3, 0.4) is 0 Å². The normalized spacial score (nSPS) is 19.1. The zero-order chi connectivity index (χ0) is 48.2. The van der Waals surface area contributed by atoms with Crippen LogP contribution in [-0.2, 0) is 20.6 Å². The molecule has 0 bridgehead atoms. The maximum absolute atomic E-state index is 13.6. The summed E-state index contributed by atoms with van der Waals surface area (Å²) < 4.78 is 20.2. The number of ether oxygens (including phenoxy) is 1. The summed E-state index contributed by atoms with van der Waals surface area (Å²) >= 11 is 3.61. The van der Waals surface area contributed by atoms with Crippen LogP contribution < -0.4 is 35.8 Å². The van der Waals surface area contributed by atoms with E-state index in [1.807, 2.05) is 30.3 Å². The van der Waals surface area contributed by atoms with Gasteiger partial charge in [0.05, 0.1) is 51.3 Å². The molecule has 3 aromatic carbocycles. The highest BCUT2D eigenvalue weighted by molar-refractivity contribution is 9.10. The molecule has 6 heterocycles. The van der Waals surface area contributed by atoms with E-state index in [-0.39, 0.29) is 11.8 Å². The Morgan fingerprint density at radius 2 is 1.64 bits per heavy atom. The van der Waals surface area contributed by atoms with Gasteiger partial charge in [-0.1, -0.05) is 13.0 Å². The number of fused-ring (bicyclic) bond motifs is 1. The van der Waals surface area contributed by atoms with Crippen molar-refractivity contribution in [3.05, 3.63) is 82.2 Å². The van der Waals surface area contributed by atoms with Gasteiger partial charge in [-0.3, -0.25) is 29.8 Å². The van der Waals surface area contributed by atoms with Crippen LogP contribution in [0.15, 0.2) is 65.5 Å². The van der Waals surface area contributed by atoms with E-state index < -0.39 is 13.1 Å². The maximum atomic E-state index is 13.6. The number of aromatic nitrogens is 4. The highest BCUT2D eigenvalue weighted by atomic mass is 79.9. The average Bonchev–Trinajstić information content (AvgIpc) is 3.36. The molecule has 0 aliphatic carbocycles. The van der Waals surface area contributed by atoms with Crippen LogP contribution in [0.5, 0.6) is 5.75 Å². The number of carbonyl (C=O) groups excluding carboxylic acids is 2. The molecule has 18 heteroatoms. The number of carbonyl (C=O) groups is 2. The Labute approximate surface area is 413 Å². The molecule has 4 saturated heterocycles. The number of nitrogens with zero attached hydrogens (tertiary/aromatic N) is 9. The van der Waals surface area contributed by atoms with Crippen LogP contribution in [0.1, 0.15) is 74.5 Å². The lowest BCUT2D eigenvalue weighted by Gasteiger charge is -2.44. The van der Waals surface area contributed by atoms with Crippen molar-refractivity contribution in [1.82, 2.24) is 35.1 Å². The third-order valence-electron chi connectivity index (χ3n) is 14.5. The van der Waals surface area contributed by atoms with Crippen molar-refractivity contribution < 1.29 is 18.9 Å². The Bertz CT molecular complexity index is 2790. The van der Waals surface area contributed by atoms with Crippen LogP contribution in [0.4, 0.5) is 34.5 Å². The summed E-state index contributed by atoms with van der Waals surface area (Å²) in [6.07, 6.45) is 12.3. The number of halogens is 1. The smallest absolute Gasteiger partial charge is 0.234 e. The molecule has 4 aliphatic rings. The van der Waals surface area contributed by atoms with Crippen LogP contribution >= 0.6 is 23.1 Å². The number of nitrogens with one attached hydrogen (secondary N) is 3. The average molecular weight is 1020 g/mol. The van der Waals surface area contributed by atoms with Gasteiger partial charge in [0.2, 0.25) is 17.8 Å². The number of rotatable bonds is 14. The molecule has 2 aromatic heterocycles. The molecule has 9 rings (SSSR count). The Balaban J connectivity index is 0.749. The third-order valence-corrected chi connectivity index (χ3v) is 16.6. The predicted molar refractivity (Wildman–Crippen MR) is 276 cm³/mol. The van der Waals surface area contributed by atoms with E-state index in [4.69, 9.17) is 9.72 Å². The lowest BCUT2D eigenvalue weighted by Crippen LogP contribution is -2.53. The standard InChI is InChI=1S/C51H62BrN12O4P/c1-5-34-29-43(58-51-56-32-40(52)49(60-51)57-42-10-9-41-47(55-18-17-54-41)48(42)69(3,4)67)45(68-2)30-44(34)64-22-15-36(16-23-64)63-26-24-61(25-27-63)19-12-33-13-20-62(21-14-33)37-6-7-38(35(28-37)31-53)39-8-11-46(65)59-50(39)66/h6-7,9-10,17-18,28-30,32-33,36,39H,5,8,11-16,19-27H2,1-4H3,(H,59,65,66)(H2,56,57,58,60). The highest BCUT2D eigenvalue weighted by Crippen LogP contribution is 2.42. The van der Waals surface area contributed by atoms with Crippen LogP contribution in [0.25, 0.3) is 11.0 Å². The van der Waals surface area contributed by atoms with Gasteiger partial charge in [0.15, 0.2) is 0 Å². The van der Waals surface area contributed by atoms with Crippen molar-refractivity contribution in [2.45, 2.75) is 70.3 Å². The van der Waals surface area contributed by atoms with E-state index in [9.17, 15) is 19.4 Å². The summed E-state index contributed by atoms with van der Waals surface area (Å²) in [6, 6.07) is 16.8. The summed E-state index contributed by atoms with van der Waals surface area (Å²) in [5.74, 6) is 1.30. The molecule has 0 spiro atoms. The van der Waals surface area contributed by atoms with Crippen molar-refractivity contribution in [2.75, 3.05) is 99.8 Å². The first-order valence-corrected chi connectivity index (χ1v) is 27.7. The minimum atomic E-state index is -2.77. The number of anilines is 6. The molecule has 0 saturated carbocycles. The third kappa shape index (κ3) is 10.9. The van der Waals surface area contributed by atoms with Gasteiger partial charge in [-0.05, 0) is 128 Å². The number of benzene rings is 3. The van der Waals surface area contributed by atoms with E-state index in [1.54, 1.807) is 39.0 Å². The second-order valence-electron chi connectivity index (χ2n) is 19.1. The number of methoxy groups -OCH3 is 1. The van der Waals surface area contributed by atoms with Crippen molar-refractivity contribution in [3.63, 3.8) is 0 Å². The maximum Gasteiger partial charge on any atom is 0.234 e. The number of amides is 2. The zero-order valence-corrected chi connectivity index (χ0v) is 42.5. The fourth-order valence-corrected chi connectivity index (χ4v) is 12.4. The molecular formula is C51H62BrN12O4P. The molecule has 1 unspecified atom stereocenters. The topological polar surface area (TPSA) is 185 Å². The molecule has 362 valence electrons. The lowest BCUT2D eigenvalue weighted by atomic mass is 9.87. The van der Waals surface area contributed by atoms with Crippen molar-refractivity contribution in [1.29, 1.82) is 5.26 Å². The highest BCUT2D eigenvalue weighted by Gasteiger charge is 2.32. The van der Waals surface area contributed by atoms with Gasteiger partial charge < -0.3 is 34.6 Å². The molecule has 3 N–H and O–H groups in total. The summed E-state index contributed by atoms with van der Waals surface area (Å²) in [4.78, 5) is 52.8. The predicted octanol–water partition coefficient (Wildman–Crippen LogP) is 7.77.